The fourth-order valence-electron chi connectivity index (χ4n) is 3.88. The maximum atomic E-state index is 13.5. The molecule has 4 aromatic rings. The van der Waals surface area contributed by atoms with Crippen LogP contribution in [-0.4, -0.2) is 20.6 Å². The Balaban J connectivity index is 1.65. The maximum absolute atomic E-state index is 13.5. The summed E-state index contributed by atoms with van der Waals surface area (Å²) in [7, 11) is 1.91. The Bertz CT molecular complexity index is 1320. The summed E-state index contributed by atoms with van der Waals surface area (Å²) < 4.78 is 28.6. The molecular formula is C28H24F2N2O2. The van der Waals surface area contributed by atoms with Crippen LogP contribution in [0.2, 0.25) is 0 Å². The number of carboxylic acid groups (broad SMARTS) is 1. The highest BCUT2D eigenvalue weighted by Crippen LogP contribution is 2.25. The molecule has 0 radical (unpaired) electrons. The molecule has 172 valence electrons. The van der Waals surface area contributed by atoms with E-state index in [1.54, 1.807) is 42.9 Å². The number of nitrogens with zero attached hydrogens (tertiary/aromatic N) is 2. The zero-order valence-electron chi connectivity index (χ0n) is 18.7. The number of allylic oxidation sites excluding steroid dienone is 1. The molecule has 0 atom stereocenters. The van der Waals surface area contributed by atoms with Gasteiger partial charge in [0.05, 0.1) is 11.9 Å². The zero-order chi connectivity index (χ0) is 24.1. The predicted molar refractivity (Wildman–Crippen MR) is 128 cm³/mol. The first-order valence-corrected chi connectivity index (χ1v) is 10.9. The molecule has 4 nitrogen and oxygen atoms in total. The van der Waals surface area contributed by atoms with Crippen LogP contribution in [0.3, 0.4) is 0 Å². The molecule has 0 spiro atoms. The fourth-order valence-corrected chi connectivity index (χ4v) is 3.88. The fraction of sp³-hybridized carbons (Fsp3) is 0.143. The van der Waals surface area contributed by atoms with E-state index >= 15 is 0 Å². The van der Waals surface area contributed by atoms with Crippen molar-refractivity contribution < 1.29 is 18.7 Å². The van der Waals surface area contributed by atoms with E-state index in [9.17, 15) is 18.7 Å². The number of hydrogen-bond acceptors (Lipinski definition) is 2. The van der Waals surface area contributed by atoms with Gasteiger partial charge in [0.25, 0.3) is 0 Å². The molecule has 1 N–H and O–H groups in total. The molecule has 34 heavy (non-hydrogen) atoms. The summed E-state index contributed by atoms with van der Waals surface area (Å²) in [5.74, 6) is -1.61. The molecule has 0 bridgehead atoms. The van der Waals surface area contributed by atoms with Crippen molar-refractivity contribution in [1.82, 2.24) is 9.55 Å². The Kier molecular flexibility index (Phi) is 6.97. The second-order valence-corrected chi connectivity index (χ2v) is 8.20. The molecule has 0 saturated carbocycles. The normalized spacial score (nSPS) is 11.6. The summed E-state index contributed by atoms with van der Waals surface area (Å²) in [6, 6.07) is 17.8. The van der Waals surface area contributed by atoms with Crippen LogP contribution in [0.4, 0.5) is 8.78 Å². The number of rotatable bonds is 8. The molecule has 0 unspecified atom stereocenters. The largest absolute Gasteiger partial charge is 0.478 e. The van der Waals surface area contributed by atoms with Gasteiger partial charge in [-0.3, -0.25) is 0 Å². The number of halogens is 2. The average molecular weight is 459 g/mol. The molecule has 0 aliphatic heterocycles. The zero-order valence-corrected chi connectivity index (χ0v) is 18.7. The van der Waals surface area contributed by atoms with Gasteiger partial charge in [-0.15, -0.1) is 0 Å². The van der Waals surface area contributed by atoms with Crippen molar-refractivity contribution >= 4 is 17.6 Å². The van der Waals surface area contributed by atoms with Crippen LogP contribution >= 0.6 is 0 Å². The Morgan fingerprint density at radius 1 is 0.971 bits per heavy atom. The predicted octanol–water partition coefficient (Wildman–Crippen LogP) is 5.97. The molecule has 0 aliphatic carbocycles. The lowest BCUT2D eigenvalue weighted by atomic mass is 9.94. The lowest BCUT2D eigenvalue weighted by Gasteiger charge is -2.11. The molecule has 6 heteroatoms. The first-order valence-electron chi connectivity index (χ1n) is 10.9. The smallest absolute Gasteiger partial charge is 0.335 e. The van der Waals surface area contributed by atoms with Crippen LogP contribution in [-0.2, 0) is 26.3 Å². The second-order valence-electron chi connectivity index (χ2n) is 8.20. The van der Waals surface area contributed by atoms with Gasteiger partial charge >= 0.3 is 5.97 Å². The van der Waals surface area contributed by atoms with Crippen molar-refractivity contribution in [3.05, 3.63) is 124 Å². The highest BCUT2D eigenvalue weighted by atomic mass is 19.1. The highest BCUT2D eigenvalue weighted by molar-refractivity contribution is 5.91. The molecule has 0 saturated heterocycles. The van der Waals surface area contributed by atoms with Crippen molar-refractivity contribution in [2.45, 2.75) is 19.3 Å². The number of carbonyl (C=O) groups is 1. The number of benzene rings is 3. The van der Waals surface area contributed by atoms with Gasteiger partial charge in [0.2, 0.25) is 0 Å². The van der Waals surface area contributed by atoms with Gasteiger partial charge in [-0.1, -0.05) is 42.5 Å². The van der Waals surface area contributed by atoms with Crippen LogP contribution in [0.5, 0.6) is 0 Å². The Hall–Kier alpha value is -4.06. The van der Waals surface area contributed by atoms with E-state index in [0.29, 0.717) is 24.8 Å². The van der Waals surface area contributed by atoms with Crippen LogP contribution in [0.25, 0.3) is 11.6 Å². The van der Waals surface area contributed by atoms with E-state index < -0.39 is 5.97 Å². The monoisotopic (exact) mass is 458 g/mol. The minimum Gasteiger partial charge on any atom is -0.478 e. The molecule has 3 aromatic carbocycles. The van der Waals surface area contributed by atoms with E-state index in [2.05, 4.69) is 4.98 Å². The highest BCUT2D eigenvalue weighted by Gasteiger charge is 2.13. The van der Waals surface area contributed by atoms with E-state index in [-0.39, 0.29) is 17.2 Å². The first-order chi connectivity index (χ1) is 16.4. The van der Waals surface area contributed by atoms with Gasteiger partial charge in [0.15, 0.2) is 0 Å². The van der Waals surface area contributed by atoms with Gasteiger partial charge in [-0.2, -0.15) is 0 Å². The third kappa shape index (κ3) is 5.64. The van der Waals surface area contributed by atoms with Gasteiger partial charge in [0.1, 0.15) is 11.6 Å². The summed E-state index contributed by atoms with van der Waals surface area (Å²) >= 11 is 0. The van der Waals surface area contributed by atoms with E-state index in [0.717, 1.165) is 28.0 Å². The van der Waals surface area contributed by atoms with Gasteiger partial charge in [-0.25, -0.2) is 18.6 Å². The van der Waals surface area contributed by atoms with Crippen molar-refractivity contribution in [3.63, 3.8) is 0 Å². The average Bonchev–Trinajstić information content (AvgIpc) is 3.23. The van der Waals surface area contributed by atoms with Crippen LogP contribution in [0.15, 0.2) is 79.3 Å². The standard InChI is InChI=1S/C28H24F2N2O2/c1-32-18-31-17-26(32)16-23(21-8-12-25(30)13-9-21)14-20-3-7-22(27(15-20)28(33)34)6-2-19-4-10-24(29)11-5-19/h3-5,7-15,17-18H,2,6,16H2,1H3,(H,33,34)/b23-14+. The Morgan fingerprint density at radius 3 is 2.26 bits per heavy atom. The van der Waals surface area contributed by atoms with E-state index in [1.807, 2.05) is 29.8 Å². The summed E-state index contributed by atoms with van der Waals surface area (Å²) in [4.78, 5) is 16.2. The SMILES string of the molecule is Cn1cncc1C/C(=C\c1ccc(CCc2ccc(F)cc2)c(C(=O)O)c1)c1ccc(F)cc1. The lowest BCUT2D eigenvalue weighted by Crippen LogP contribution is -2.05. The number of aromatic carboxylic acids is 1. The maximum Gasteiger partial charge on any atom is 0.335 e. The second kappa shape index (κ2) is 10.3. The van der Waals surface area contributed by atoms with Crippen LogP contribution in [0, 0.1) is 11.6 Å². The van der Waals surface area contributed by atoms with Crippen molar-refractivity contribution in [2.24, 2.45) is 7.05 Å². The minimum absolute atomic E-state index is 0.231. The van der Waals surface area contributed by atoms with Crippen molar-refractivity contribution in [3.8, 4) is 0 Å². The molecule has 0 fully saturated rings. The van der Waals surface area contributed by atoms with E-state index in [1.165, 1.54) is 24.3 Å². The summed E-state index contributed by atoms with van der Waals surface area (Å²) in [6.45, 7) is 0. The van der Waals surface area contributed by atoms with Gasteiger partial charge in [0, 0.05) is 25.4 Å². The molecule has 1 heterocycles. The summed E-state index contributed by atoms with van der Waals surface area (Å²) in [5.41, 5.74) is 5.36. The Morgan fingerprint density at radius 2 is 1.65 bits per heavy atom. The number of aryl methyl sites for hydroxylation is 3. The number of imidazole rings is 1. The molecule has 0 aliphatic rings. The van der Waals surface area contributed by atoms with E-state index in [4.69, 9.17) is 0 Å². The van der Waals surface area contributed by atoms with Gasteiger partial charge < -0.3 is 9.67 Å². The first kappa shape index (κ1) is 23.1. The number of aromatic nitrogens is 2. The third-order valence-corrected chi connectivity index (χ3v) is 5.80. The third-order valence-electron chi connectivity index (χ3n) is 5.80. The summed E-state index contributed by atoms with van der Waals surface area (Å²) in [5, 5.41) is 9.83. The quantitative estimate of drug-likeness (QED) is 0.331. The number of carboxylic acids is 1. The molecular weight excluding hydrogens is 434 g/mol. The van der Waals surface area contributed by atoms with Crippen molar-refractivity contribution in [2.75, 3.05) is 0 Å². The minimum atomic E-state index is -1.00. The Labute approximate surface area is 196 Å². The summed E-state index contributed by atoms with van der Waals surface area (Å²) in [6.07, 6.45) is 7.11. The molecule has 4 rings (SSSR count). The van der Waals surface area contributed by atoms with Gasteiger partial charge in [-0.05, 0) is 71.0 Å². The van der Waals surface area contributed by atoms with Crippen LogP contribution < -0.4 is 0 Å². The topological polar surface area (TPSA) is 55.1 Å². The lowest BCUT2D eigenvalue weighted by molar-refractivity contribution is 0.0695. The molecule has 1 aromatic heterocycles. The van der Waals surface area contributed by atoms with Crippen molar-refractivity contribution in [1.29, 1.82) is 0 Å². The molecule has 0 amide bonds. The van der Waals surface area contributed by atoms with Crippen LogP contribution in [0.1, 0.15) is 38.3 Å². The number of hydrogen-bond donors (Lipinski definition) is 1.